The summed E-state index contributed by atoms with van der Waals surface area (Å²) in [5.74, 6) is 0.669. The molecular weight excluding hydrogens is 308 g/mol. The van der Waals surface area contributed by atoms with Crippen LogP contribution in [0.1, 0.15) is 18.5 Å². The molecule has 0 saturated carbocycles. The topological polar surface area (TPSA) is 60.6 Å². The number of hydrogen-bond donors (Lipinski definition) is 1. The molecule has 2 aromatic heterocycles. The Morgan fingerprint density at radius 2 is 2.32 bits per heavy atom. The Bertz CT molecular complexity index is 528. The largest absolute Gasteiger partial charge is 0.316 e. The van der Waals surface area contributed by atoms with Gasteiger partial charge in [-0.2, -0.15) is 5.10 Å². The van der Waals surface area contributed by atoms with Crippen LogP contribution in [0.4, 0.5) is 0 Å². The second-order valence-electron chi connectivity index (χ2n) is 5.00. The summed E-state index contributed by atoms with van der Waals surface area (Å²) < 4.78 is 4.78. The lowest BCUT2D eigenvalue weighted by Crippen LogP contribution is -2.32. The molecule has 0 aliphatic carbocycles. The zero-order chi connectivity index (χ0) is 13.1. The highest BCUT2D eigenvalue weighted by molar-refractivity contribution is 9.10. The monoisotopic (exact) mass is 324 g/mol. The molecule has 2 aromatic rings. The molecular formula is C12H17BrN6. The highest BCUT2D eigenvalue weighted by Gasteiger charge is 2.14. The van der Waals surface area contributed by atoms with Crippen molar-refractivity contribution in [2.45, 2.75) is 25.9 Å². The van der Waals surface area contributed by atoms with Gasteiger partial charge < -0.3 is 5.32 Å². The molecule has 102 valence electrons. The minimum Gasteiger partial charge on any atom is -0.316 e. The number of hydrogen-bond acceptors (Lipinski definition) is 4. The van der Waals surface area contributed by atoms with Crippen molar-refractivity contribution in [2.75, 3.05) is 13.1 Å². The number of piperidine rings is 1. The van der Waals surface area contributed by atoms with Crippen LogP contribution in [0.25, 0.3) is 0 Å². The minimum atomic E-state index is 0.661. The first kappa shape index (κ1) is 12.8. The average molecular weight is 325 g/mol. The van der Waals surface area contributed by atoms with E-state index >= 15 is 0 Å². The number of aromatic nitrogens is 5. The molecule has 0 bridgehead atoms. The first-order valence-electron chi connectivity index (χ1n) is 6.57. The molecule has 0 radical (unpaired) electrons. The molecule has 1 aliphatic heterocycles. The van der Waals surface area contributed by atoms with E-state index in [1.54, 1.807) is 6.20 Å². The zero-order valence-corrected chi connectivity index (χ0v) is 12.3. The van der Waals surface area contributed by atoms with Crippen LogP contribution >= 0.6 is 15.9 Å². The predicted octanol–water partition coefficient (Wildman–Crippen LogP) is 1.28. The lowest BCUT2D eigenvalue weighted by atomic mass is 10.00. The van der Waals surface area contributed by atoms with Gasteiger partial charge >= 0.3 is 0 Å². The van der Waals surface area contributed by atoms with Gasteiger partial charge in [-0.3, -0.25) is 9.36 Å². The van der Waals surface area contributed by atoms with Gasteiger partial charge in [-0.1, -0.05) is 5.21 Å². The Morgan fingerprint density at radius 1 is 1.37 bits per heavy atom. The number of nitrogens with one attached hydrogen (secondary N) is 1. The number of halogens is 1. The van der Waals surface area contributed by atoms with Crippen molar-refractivity contribution in [2.24, 2.45) is 5.92 Å². The maximum atomic E-state index is 4.22. The van der Waals surface area contributed by atoms with Crippen molar-refractivity contribution in [1.29, 1.82) is 0 Å². The molecule has 3 heterocycles. The van der Waals surface area contributed by atoms with Gasteiger partial charge in [0.1, 0.15) is 5.69 Å². The van der Waals surface area contributed by atoms with Crippen LogP contribution < -0.4 is 5.32 Å². The zero-order valence-electron chi connectivity index (χ0n) is 10.7. The summed E-state index contributed by atoms with van der Waals surface area (Å²) in [4.78, 5) is 0. The Hall–Kier alpha value is -1.21. The third-order valence-electron chi connectivity index (χ3n) is 3.36. The van der Waals surface area contributed by atoms with Crippen LogP contribution in [0.5, 0.6) is 0 Å². The Labute approximate surface area is 120 Å². The molecule has 7 heteroatoms. The van der Waals surface area contributed by atoms with Gasteiger partial charge in [-0.15, -0.1) is 5.10 Å². The Balaban J connectivity index is 1.59. The summed E-state index contributed by atoms with van der Waals surface area (Å²) in [5.41, 5.74) is 0.944. The fourth-order valence-electron chi connectivity index (χ4n) is 2.44. The van der Waals surface area contributed by atoms with Crippen molar-refractivity contribution >= 4 is 15.9 Å². The van der Waals surface area contributed by atoms with Gasteiger partial charge in [0, 0.05) is 12.7 Å². The van der Waals surface area contributed by atoms with Gasteiger partial charge in [0.2, 0.25) is 0 Å². The van der Waals surface area contributed by atoms with E-state index in [1.165, 1.54) is 12.8 Å². The fraction of sp³-hybridized carbons (Fsp3) is 0.583. The summed E-state index contributed by atoms with van der Waals surface area (Å²) in [6.45, 7) is 3.84. The highest BCUT2D eigenvalue weighted by atomic mass is 79.9. The summed E-state index contributed by atoms with van der Waals surface area (Å²) in [5, 5.41) is 16.0. The molecule has 3 rings (SSSR count). The van der Waals surface area contributed by atoms with E-state index in [1.807, 2.05) is 21.8 Å². The third kappa shape index (κ3) is 3.42. The summed E-state index contributed by atoms with van der Waals surface area (Å²) >= 11 is 3.38. The van der Waals surface area contributed by atoms with Crippen LogP contribution in [0, 0.1) is 5.92 Å². The van der Waals surface area contributed by atoms with E-state index in [0.717, 1.165) is 29.8 Å². The molecule has 19 heavy (non-hydrogen) atoms. The number of nitrogens with zero attached hydrogens (tertiary/aromatic N) is 5. The molecule has 1 aliphatic rings. The Morgan fingerprint density at radius 3 is 3.05 bits per heavy atom. The summed E-state index contributed by atoms with van der Waals surface area (Å²) in [6.07, 6.45) is 8.26. The second-order valence-corrected chi connectivity index (χ2v) is 5.92. The minimum absolute atomic E-state index is 0.661. The standard InChI is InChI=1S/C12H17BrN6/c13-11-5-15-18(7-11)8-12-9-19(17-16-12)6-10-2-1-3-14-4-10/h5,7,9-10,14H,1-4,6,8H2. The van der Waals surface area contributed by atoms with Gasteiger partial charge in [0.15, 0.2) is 0 Å². The van der Waals surface area contributed by atoms with Crippen LogP contribution in [-0.4, -0.2) is 37.9 Å². The van der Waals surface area contributed by atoms with Crippen molar-refractivity contribution in [3.05, 3.63) is 28.8 Å². The first-order valence-corrected chi connectivity index (χ1v) is 7.36. The smallest absolute Gasteiger partial charge is 0.104 e. The van der Waals surface area contributed by atoms with E-state index in [0.29, 0.717) is 12.5 Å². The predicted molar refractivity (Wildman–Crippen MR) is 74.6 cm³/mol. The van der Waals surface area contributed by atoms with Crippen LogP contribution in [0.2, 0.25) is 0 Å². The lowest BCUT2D eigenvalue weighted by molar-refractivity contribution is 0.322. The van der Waals surface area contributed by atoms with Crippen molar-refractivity contribution in [1.82, 2.24) is 30.1 Å². The van der Waals surface area contributed by atoms with Crippen molar-refractivity contribution < 1.29 is 0 Å². The summed E-state index contributed by atoms with van der Waals surface area (Å²) in [6, 6.07) is 0. The number of rotatable bonds is 4. The molecule has 1 saturated heterocycles. The van der Waals surface area contributed by atoms with Crippen LogP contribution in [0.15, 0.2) is 23.1 Å². The fourth-order valence-corrected chi connectivity index (χ4v) is 2.76. The molecule has 1 atom stereocenters. The maximum absolute atomic E-state index is 4.22. The molecule has 1 unspecified atom stereocenters. The van der Waals surface area contributed by atoms with Crippen molar-refractivity contribution in [3.63, 3.8) is 0 Å². The van der Waals surface area contributed by atoms with Gasteiger partial charge in [-0.05, 0) is 47.8 Å². The van der Waals surface area contributed by atoms with E-state index in [4.69, 9.17) is 0 Å². The summed E-state index contributed by atoms with van der Waals surface area (Å²) in [7, 11) is 0. The normalized spacial score (nSPS) is 19.7. The van der Waals surface area contributed by atoms with Crippen molar-refractivity contribution in [3.8, 4) is 0 Å². The van der Waals surface area contributed by atoms with Gasteiger partial charge in [0.05, 0.1) is 23.4 Å². The molecule has 1 N–H and O–H groups in total. The average Bonchev–Trinajstić information content (AvgIpc) is 3.01. The quantitative estimate of drug-likeness (QED) is 0.920. The van der Waals surface area contributed by atoms with Gasteiger partial charge in [0.25, 0.3) is 0 Å². The molecule has 6 nitrogen and oxygen atoms in total. The van der Waals surface area contributed by atoms with Crippen LogP contribution in [-0.2, 0) is 13.1 Å². The first-order chi connectivity index (χ1) is 9.29. The van der Waals surface area contributed by atoms with E-state index in [9.17, 15) is 0 Å². The van der Waals surface area contributed by atoms with E-state index in [2.05, 4.69) is 36.7 Å². The lowest BCUT2D eigenvalue weighted by Gasteiger charge is -2.22. The van der Waals surface area contributed by atoms with Crippen LogP contribution in [0.3, 0.4) is 0 Å². The highest BCUT2D eigenvalue weighted by Crippen LogP contribution is 2.12. The van der Waals surface area contributed by atoms with E-state index < -0.39 is 0 Å². The second kappa shape index (κ2) is 5.83. The molecule has 0 amide bonds. The van der Waals surface area contributed by atoms with E-state index in [-0.39, 0.29) is 0 Å². The molecule has 1 fully saturated rings. The third-order valence-corrected chi connectivity index (χ3v) is 3.77. The van der Waals surface area contributed by atoms with Gasteiger partial charge in [-0.25, -0.2) is 0 Å². The maximum Gasteiger partial charge on any atom is 0.104 e. The molecule has 0 aromatic carbocycles. The molecule has 0 spiro atoms. The SMILES string of the molecule is Brc1cnn(Cc2cn(CC3CCCNC3)nn2)c1. The Kier molecular flexibility index (Phi) is 3.93.